The van der Waals surface area contributed by atoms with Crippen molar-refractivity contribution in [1.82, 2.24) is 9.44 Å². The summed E-state index contributed by atoms with van der Waals surface area (Å²) in [7, 11) is -4.01. The number of amides is 1. The van der Waals surface area contributed by atoms with Crippen LogP contribution in [0.3, 0.4) is 0 Å². The van der Waals surface area contributed by atoms with Crippen molar-refractivity contribution in [2.24, 2.45) is 0 Å². The van der Waals surface area contributed by atoms with Crippen LogP contribution in [0.2, 0.25) is 0 Å². The van der Waals surface area contributed by atoms with E-state index >= 15 is 0 Å². The van der Waals surface area contributed by atoms with Gasteiger partial charge in [-0.15, -0.1) is 0 Å². The highest BCUT2D eigenvalue weighted by Gasteiger charge is 2.25. The van der Waals surface area contributed by atoms with Gasteiger partial charge in [-0.3, -0.25) is 0 Å². The zero-order chi connectivity index (χ0) is 12.1. The summed E-state index contributed by atoms with van der Waals surface area (Å²) in [5.74, 6) is 0. The lowest BCUT2D eigenvalue weighted by molar-refractivity contribution is 0.158. The summed E-state index contributed by atoms with van der Waals surface area (Å²) in [6.07, 6.45) is -1.06. The lowest BCUT2D eigenvalue weighted by Crippen LogP contribution is -2.52. The quantitative estimate of drug-likeness (QED) is 0.591. The Morgan fingerprint density at radius 2 is 2.00 bits per heavy atom. The molecule has 0 aliphatic carbocycles. The Morgan fingerprint density at radius 3 is 2.40 bits per heavy atom. The molecular weight excluding hydrogens is 224 g/mol. The van der Waals surface area contributed by atoms with Gasteiger partial charge in [0.1, 0.15) is 0 Å². The van der Waals surface area contributed by atoms with Crippen LogP contribution in [0.1, 0.15) is 20.8 Å². The van der Waals surface area contributed by atoms with Gasteiger partial charge >= 0.3 is 16.3 Å². The van der Waals surface area contributed by atoms with Crippen molar-refractivity contribution in [1.29, 1.82) is 0 Å². The zero-order valence-electron chi connectivity index (χ0n) is 8.90. The average molecular weight is 240 g/mol. The predicted molar refractivity (Wildman–Crippen MR) is 53.4 cm³/mol. The van der Waals surface area contributed by atoms with Gasteiger partial charge in [0.2, 0.25) is 0 Å². The highest BCUT2D eigenvalue weighted by molar-refractivity contribution is 7.88. The molecule has 0 unspecified atom stereocenters. The standard InChI is InChI=1S/C7H16N2O5S/c1-4-14-6(11)8-15(12,13)9-7(2,3)5-10/h9-10H,4-5H2,1-3H3,(H,8,11). The van der Waals surface area contributed by atoms with Crippen molar-refractivity contribution >= 4 is 16.3 Å². The van der Waals surface area contributed by atoms with E-state index in [9.17, 15) is 13.2 Å². The van der Waals surface area contributed by atoms with Gasteiger partial charge in [0.15, 0.2) is 0 Å². The number of hydrogen-bond acceptors (Lipinski definition) is 5. The Kier molecular flexibility index (Phi) is 4.98. The molecule has 1 amide bonds. The summed E-state index contributed by atoms with van der Waals surface area (Å²) in [6.45, 7) is 4.17. The van der Waals surface area contributed by atoms with E-state index in [-0.39, 0.29) is 6.61 Å². The number of hydrogen-bond donors (Lipinski definition) is 3. The summed E-state index contributed by atoms with van der Waals surface area (Å²) >= 11 is 0. The molecule has 0 aromatic rings. The average Bonchev–Trinajstić information content (AvgIpc) is 2.01. The van der Waals surface area contributed by atoms with Crippen LogP contribution >= 0.6 is 0 Å². The van der Waals surface area contributed by atoms with E-state index in [1.54, 1.807) is 11.6 Å². The third-order valence-electron chi connectivity index (χ3n) is 1.30. The molecule has 3 N–H and O–H groups in total. The fourth-order valence-electron chi connectivity index (χ4n) is 0.692. The topological polar surface area (TPSA) is 105 Å². The monoisotopic (exact) mass is 240 g/mol. The van der Waals surface area contributed by atoms with Crippen LogP contribution in [0, 0.1) is 0 Å². The Balaban J connectivity index is 4.39. The van der Waals surface area contributed by atoms with Gasteiger partial charge in [-0.05, 0) is 20.8 Å². The second-order valence-electron chi connectivity index (χ2n) is 3.47. The molecule has 0 bridgehead atoms. The summed E-state index contributed by atoms with van der Waals surface area (Å²) in [6, 6.07) is 0. The number of rotatable bonds is 5. The molecular formula is C7H16N2O5S. The van der Waals surface area contributed by atoms with Gasteiger partial charge in [0.25, 0.3) is 0 Å². The molecule has 0 aliphatic heterocycles. The smallest absolute Gasteiger partial charge is 0.421 e. The molecule has 15 heavy (non-hydrogen) atoms. The normalized spacial score (nSPS) is 12.3. The van der Waals surface area contributed by atoms with Crippen molar-refractivity contribution in [3.8, 4) is 0 Å². The Hall–Kier alpha value is -0.860. The van der Waals surface area contributed by atoms with Crippen LogP contribution in [0.25, 0.3) is 0 Å². The molecule has 8 heteroatoms. The van der Waals surface area contributed by atoms with Crippen molar-refractivity contribution < 1.29 is 23.1 Å². The van der Waals surface area contributed by atoms with E-state index in [4.69, 9.17) is 5.11 Å². The first-order valence-electron chi connectivity index (χ1n) is 4.32. The molecule has 0 spiro atoms. The first-order chi connectivity index (χ1) is 6.72. The number of carbonyl (C=O) groups excluding carboxylic acids is 1. The van der Waals surface area contributed by atoms with E-state index in [1.165, 1.54) is 13.8 Å². The third kappa shape index (κ3) is 6.26. The van der Waals surface area contributed by atoms with E-state index in [0.717, 1.165) is 0 Å². The number of carbonyl (C=O) groups is 1. The highest BCUT2D eigenvalue weighted by atomic mass is 32.2. The Bertz CT molecular complexity index is 311. The molecule has 0 atom stereocenters. The van der Waals surface area contributed by atoms with Crippen LogP contribution in [-0.4, -0.2) is 38.4 Å². The number of aliphatic hydroxyl groups is 1. The second kappa shape index (κ2) is 5.29. The molecule has 90 valence electrons. The maximum atomic E-state index is 11.3. The van der Waals surface area contributed by atoms with Crippen LogP contribution in [0.5, 0.6) is 0 Å². The summed E-state index contributed by atoms with van der Waals surface area (Å²) < 4.78 is 30.6. The van der Waals surface area contributed by atoms with Crippen LogP contribution in [0.4, 0.5) is 4.79 Å². The van der Waals surface area contributed by atoms with E-state index in [1.807, 2.05) is 0 Å². The van der Waals surface area contributed by atoms with Crippen LogP contribution in [-0.2, 0) is 14.9 Å². The van der Waals surface area contributed by atoms with Gasteiger partial charge in [0.05, 0.1) is 18.8 Å². The van der Waals surface area contributed by atoms with E-state index < -0.39 is 28.4 Å². The summed E-state index contributed by atoms with van der Waals surface area (Å²) in [5, 5.41) is 8.82. The summed E-state index contributed by atoms with van der Waals surface area (Å²) in [5.41, 5.74) is -1.04. The van der Waals surface area contributed by atoms with Crippen molar-refractivity contribution in [3.05, 3.63) is 0 Å². The van der Waals surface area contributed by atoms with E-state index in [0.29, 0.717) is 0 Å². The van der Waals surface area contributed by atoms with Crippen molar-refractivity contribution in [3.63, 3.8) is 0 Å². The molecule has 0 saturated carbocycles. The largest absolute Gasteiger partial charge is 0.449 e. The van der Waals surface area contributed by atoms with Crippen molar-refractivity contribution in [2.45, 2.75) is 26.3 Å². The lowest BCUT2D eigenvalue weighted by Gasteiger charge is -2.22. The summed E-state index contributed by atoms with van der Waals surface area (Å²) in [4.78, 5) is 10.8. The number of ether oxygens (including phenoxy) is 1. The van der Waals surface area contributed by atoms with E-state index in [2.05, 4.69) is 9.46 Å². The number of nitrogens with one attached hydrogen (secondary N) is 2. The van der Waals surface area contributed by atoms with Crippen molar-refractivity contribution in [2.75, 3.05) is 13.2 Å². The SMILES string of the molecule is CCOC(=O)NS(=O)(=O)NC(C)(C)CO. The fourth-order valence-corrected chi connectivity index (χ4v) is 1.81. The molecule has 0 aromatic heterocycles. The lowest BCUT2D eigenvalue weighted by atomic mass is 10.1. The van der Waals surface area contributed by atoms with Crippen LogP contribution in [0.15, 0.2) is 0 Å². The highest BCUT2D eigenvalue weighted by Crippen LogP contribution is 2.01. The minimum Gasteiger partial charge on any atom is -0.449 e. The molecule has 0 saturated heterocycles. The first kappa shape index (κ1) is 14.1. The Morgan fingerprint density at radius 1 is 1.47 bits per heavy atom. The molecule has 0 aromatic carbocycles. The second-order valence-corrected chi connectivity index (χ2v) is 4.89. The fraction of sp³-hybridized carbons (Fsp3) is 0.857. The minimum absolute atomic E-state index is 0.0742. The van der Waals surface area contributed by atoms with Gasteiger partial charge in [0, 0.05) is 0 Å². The molecule has 0 rings (SSSR count). The van der Waals surface area contributed by atoms with Gasteiger partial charge in [-0.25, -0.2) is 9.52 Å². The van der Waals surface area contributed by atoms with Gasteiger partial charge in [-0.1, -0.05) is 0 Å². The number of aliphatic hydroxyl groups excluding tert-OH is 1. The molecule has 0 radical (unpaired) electrons. The van der Waals surface area contributed by atoms with Gasteiger partial charge in [-0.2, -0.15) is 13.1 Å². The minimum atomic E-state index is -4.01. The maximum absolute atomic E-state index is 11.3. The Labute approximate surface area is 89.0 Å². The van der Waals surface area contributed by atoms with Gasteiger partial charge < -0.3 is 9.84 Å². The molecule has 0 heterocycles. The molecule has 0 aliphatic rings. The molecule has 0 fully saturated rings. The first-order valence-corrected chi connectivity index (χ1v) is 5.80. The van der Waals surface area contributed by atoms with Crippen LogP contribution < -0.4 is 9.44 Å². The maximum Gasteiger partial charge on any atom is 0.421 e. The third-order valence-corrected chi connectivity index (χ3v) is 2.56. The molecule has 7 nitrogen and oxygen atoms in total. The zero-order valence-corrected chi connectivity index (χ0v) is 9.72. The predicted octanol–water partition coefficient (Wildman–Crippen LogP) is -0.662.